The van der Waals surface area contributed by atoms with E-state index in [1.165, 1.54) is 6.07 Å². The average Bonchev–Trinajstić information content (AvgIpc) is 3.05. The number of fused-ring (bicyclic) bond motifs is 2. The van der Waals surface area contributed by atoms with E-state index in [9.17, 15) is 13.0 Å². The van der Waals surface area contributed by atoms with E-state index >= 15 is 0 Å². The quantitative estimate of drug-likeness (QED) is 0.119. The summed E-state index contributed by atoms with van der Waals surface area (Å²) in [5, 5.41) is 1.57. The molecule has 2 aliphatic rings. The zero-order valence-corrected chi connectivity index (χ0v) is 25.5. The van der Waals surface area contributed by atoms with Crippen LogP contribution < -0.4 is 24.3 Å². The number of methoxy groups -OCH3 is 2. The van der Waals surface area contributed by atoms with Crippen LogP contribution in [0.2, 0.25) is 0 Å². The molecule has 0 saturated carbocycles. The van der Waals surface area contributed by atoms with E-state index in [1.54, 1.807) is 32.4 Å². The van der Waals surface area contributed by atoms with Gasteiger partial charge in [0.25, 0.3) is 10.1 Å². The molecule has 9 heteroatoms. The first-order valence-corrected chi connectivity index (χ1v) is 15.3. The fourth-order valence-corrected chi connectivity index (χ4v) is 6.08. The summed E-state index contributed by atoms with van der Waals surface area (Å²) in [6, 6.07) is 33.5. The van der Waals surface area contributed by atoms with E-state index in [0.29, 0.717) is 33.4 Å². The summed E-state index contributed by atoms with van der Waals surface area (Å²) in [6.07, 6.45) is 0. The van der Waals surface area contributed by atoms with Gasteiger partial charge in [-0.3, -0.25) is 4.55 Å². The highest BCUT2D eigenvalue weighted by molar-refractivity contribution is 7.86. The Labute approximate surface area is 255 Å². The second kappa shape index (κ2) is 11.5. The topological polar surface area (TPSA) is 92.2 Å². The van der Waals surface area contributed by atoms with Crippen molar-refractivity contribution in [2.24, 2.45) is 0 Å². The molecule has 4 aromatic carbocycles. The summed E-state index contributed by atoms with van der Waals surface area (Å²) in [4.78, 5) is 1.85. The van der Waals surface area contributed by atoms with Crippen LogP contribution in [0.25, 0.3) is 33.4 Å². The van der Waals surface area contributed by atoms with E-state index in [1.807, 2.05) is 108 Å². The van der Waals surface area contributed by atoms with Crippen molar-refractivity contribution in [3.63, 3.8) is 0 Å². The van der Waals surface area contributed by atoms with Crippen molar-refractivity contribution >= 4 is 38.1 Å². The van der Waals surface area contributed by atoms with Crippen LogP contribution in [-0.4, -0.2) is 41.3 Å². The van der Waals surface area contributed by atoms with Crippen LogP contribution in [0.15, 0.2) is 119 Å². The van der Waals surface area contributed by atoms with Crippen LogP contribution in [-0.2, 0) is 10.1 Å². The van der Waals surface area contributed by atoms with E-state index in [4.69, 9.17) is 13.9 Å². The molecule has 8 nitrogen and oxygen atoms in total. The number of hydrogen-bond acceptors (Lipinski definition) is 6. The SMILES string of the molecule is COc1ccc(N(C)c2ccc3c(-c4ccccc4S(=O)(=O)O)c4ccc(=[N+](C)c5ccc(OC)cc5)cc-4oc3c2)cc1. The van der Waals surface area contributed by atoms with Crippen molar-refractivity contribution in [1.29, 1.82) is 0 Å². The molecule has 0 saturated heterocycles. The third-order valence-corrected chi connectivity index (χ3v) is 8.73. The fourth-order valence-electron chi connectivity index (χ4n) is 5.38. The van der Waals surface area contributed by atoms with Gasteiger partial charge in [-0.05, 0) is 60.7 Å². The molecule has 0 unspecified atom stereocenters. The third-order valence-electron chi connectivity index (χ3n) is 7.82. The van der Waals surface area contributed by atoms with Crippen molar-refractivity contribution in [3.8, 4) is 33.9 Å². The predicted molar refractivity (Wildman–Crippen MR) is 173 cm³/mol. The van der Waals surface area contributed by atoms with Gasteiger partial charge in [-0.25, -0.2) is 0 Å². The van der Waals surface area contributed by atoms with Crippen LogP contribution in [0.1, 0.15) is 0 Å². The Morgan fingerprint density at radius 2 is 1.39 bits per heavy atom. The minimum absolute atomic E-state index is 0.173. The normalized spacial score (nSPS) is 12.3. The van der Waals surface area contributed by atoms with Crippen molar-refractivity contribution in [1.82, 2.24) is 4.58 Å². The minimum Gasteiger partial charge on any atom is -0.497 e. The molecule has 4 aromatic rings. The Morgan fingerprint density at radius 3 is 2.05 bits per heavy atom. The lowest BCUT2D eigenvalue weighted by atomic mass is 9.93. The van der Waals surface area contributed by atoms with E-state index in [0.717, 1.165) is 33.9 Å². The molecule has 1 heterocycles. The summed E-state index contributed by atoms with van der Waals surface area (Å²) < 4.78 is 54.3. The summed E-state index contributed by atoms with van der Waals surface area (Å²) in [7, 11) is 2.67. The van der Waals surface area contributed by atoms with Crippen molar-refractivity contribution < 1.29 is 26.9 Å². The van der Waals surface area contributed by atoms with Gasteiger partial charge in [0.15, 0.2) is 0 Å². The number of hydrogen-bond donors (Lipinski definition) is 1. The number of benzene rings is 5. The van der Waals surface area contributed by atoms with Gasteiger partial charge in [0.2, 0.25) is 11.0 Å². The van der Waals surface area contributed by atoms with Crippen molar-refractivity contribution in [2.75, 3.05) is 33.2 Å². The lowest BCUT2D eigenvalue weighted by Crippen LogP contribution is -2.21. The maximum atomic E-state index is 12.5. The van der Waals surface area contributed by atoms with E-state index in [2.05, 4.69) is 0 Å². The minimum atomic E-state index is -4.51. The average molecular weight is 608 g/mol. The molecule has 0 spiro atoms. The summed E-state index contributed by atoms with van der Waals surface area (Å²) in [5.41, 5.74) is 5.06. The zero-order valence-electron chi connectivity index (χ0n) is 24.7. The third kappa shape index (κ3) is 5.39. The van der Waals surface area contributed by atoms with Gasteiger partial charge in [-0.15, -0.1) is 0 Å². The van der Waals surface area contributed by atoms with Crippen LogP contribution >= 0.6 is 0 Å². The zero-order chi connectivity index (χ0) is 31.0. The summed E-state index contributed by atoms with van der Waals surface area (Å²) in [5.74, 6) is 2.08. The maximum Gasteiger partial charge on any atom is 0.295 e. The molecule has 222 valence electrons. The molecule has 1 aliphatic carbocycles. The highest BCUT2D eigenvalue weighted by Crippen LogP contribution is 2.43. The molecule has 0 atom stereocenters. The summed E-state index contributed by atoms with van der Waals surface area (Å²) in [6.45, 7) is 0. The van der Waals surface area contributed by atoms with Crippen molar-refractivity contribution in [3.05, 3.63) is 115 Å². The molecule has 1 aliphatic heterocycles. The Bertz CT molecular complexity index is 2140. The van der Waals surface area contributed by atoms with Gasteiger partial charge in [0, 0.05) is 64.8 Å². The van der Waals surface area contributed by atoms with Crippen LogP contribution in [0, 0.1) is 0 Å². The van der Waals surface area contributed by atoms with Crippen LogP contribution in [0.4, 0.5) is 17.1 Å². The molecular formula is C35H31N2O6S+. The summed E-state index contributed by atoms with van der Waals surface area (Å²) >= 11 is 0. The Morgan fingerprint density at radius 1 is 0.750 bits per heavy atom. The number of rotatable bonds is 7. The molecule has 6 rings (SSSR count). The molecule has 0 amide bonds. The van der Waals surface area contributed by atoms with Crippen molar-refractivity contribution in [2.45, 2.75) is 4.90 Å². The molecular weight excluding hydrogens is 576 g/mol. The maximum absolute atomic E-state index is 12.5. The Kier molecular flexibility index (Phi) is 7.59. The Balaban J connectivity index is 1.61. The van der Waals surface area contributed by atoms with Crippen LogP contribution in [0.5, 0.6) is 11.5 Å². The van der Waals surface area contributed by atoms with Gasteiger partial charge in [0.1, 0.15) is 34.8 Å². The standard InChI is InChI=1S/C35H30N2O6S/c1-36(23-9-15-27(41-3)16-10-23)25-13-19-29-32(21-25)43-33-22-26(37(2)24-11-17-28(42-4)18-12-24)14-20-30(33)35(29)31-7-5-6-8-34(31)44(38,39)40/h5-22H,1-4H3/p+1. The Hall–Kier alpha value is -5.12. The predicted octanol–water partition coefficient (Wildman–Crippen LogP) is 6.97. The van der Waals surface area contributed by atoms with Gasteiger partial charge in [0.05, 0.1) is 20.3 Å². The number of ether oxygens (including phenoxy) is 2. The van der Waals surface area contributed by atoms with Gasteiger partial charge >= 0.3 is 0 Å². The molecule has 0 fully saturated rings. The lowest BCUT2D eigenvalue weighted by Gasteiger charge is -2.22. The highest BCUT2D eigenvalue weighted by atomic mass is 32.2. The van der Waals surface area contributed by atoms with Crippen LogP contribution in [0.3, 0.4) is 0 Å². The molecule has 0 radical (unpaired) electrons. The largest absolute Gasteiger partial charge is 0.497 e. The highest BCUT2D eigenvalue weighted by Gasteiger charge is 2.24. The first-order chi connectivity index (χ1) is 21.2. The van der Waals surface area contributed by atoms with Gasteiger partial charge in [-0.1, -0.05) is 18.2 Å². The second-order valence-corrected chi connectivity index (χ2v) is 11.7. The van der Waals surface area contributed by atoms with Gasteiger partial charge < -0.3 is 18.8 Å². The lowest BCUT2D eigenvalue weighted by molar-refractivity contribution is 0.414. The number of nitrogens with zero attached hydrogens (tertiary/aromatic N) is 2. The van der Waals surface area contributed by atoms with E-state index in [-0.39, 0.29) is 4.90 Å². The fraction of sp³-hybridized carbons (Fsp3) is 0.114. The monoisotopic (exact) mass is 607 g/mol. The first kappa shape index (κ1) is 29.0. The molecule has 0 aromatic heterocycles. The smallest absolute Gasteiger partial charge is 0.295 e. The van der Waals surface area contributed by atoms with E-state index < -0.39 is 10.1 Å². The second-order valence-electron chi connectivity index (χ2n) is 10.3. The van der Waals surface area contributed by atoms with Gasteiger partial charge in [-0.2, -0.15) is 13.0 Å². The first-order valence-electron chi connectivity index (χ1n) is 13.8. The molecule has 0 bridgehead atoms. The number of anilines is 2. The molecule has 1 N–H and O–H groups in total. The molecule has 44 heavy (non-hydrogen) atoms.